The molecule has 0 spiro atoms. The second-order valence-corrected chi connectivity index (χ2v) is 3.57. The molecule has 0 saturated carbocycles. The Kier molecular flexibility index (Phi) is 3.40. The molecule has 1 aromatic carbocycles. The number of morpholine rings is 1. The van der Waals surface area contributed by atoms with Crippen molar-refractivity contribution in [1.82, 2.24) is 0 Å². The summed E-state index contributed by atoms with van der Waals surface area (Å²) in [5.41, 5.74) is 0.557. The van der Waals surface area contributed by atoms with Crippen molar-refractivity contribution in [3.05, 3.63) is 24.3 Å². The molecule has 0 unspecified atom stereocenters. The largest absolute Gasteiger partial charge is 0.435 e. The molecule has 0 aromatic heterocycles. The maximum Gasteiger partial charge on any atom is 0.387 e. The summed E-state index contributed by atoms with van der Waals surface area (Å²) >= 11 is 0. The Balaban J connectivity index is 2.09. The highest BCUT2D eigenvalue weighted by molar-refractivity contribution is 5.94. The van der Waals surface area contributed by atoms with E-state index < -0.39 is 18.6 Å². The minimum atomic E-state index is -2.89. The van der Waals surface area contributed by atoms with Gasteiger partial charge in [-0.3, -0.25) is 0 Å². The van der Waals surface area contributed by atoms with E-state index >= 15 is 0 Å². The van der Waals surface area contributed by atoms with E-state index in [-0.39, 0.29) is 18.8 Å². The van der Waals surface area contributed by atoms with Crippen LogP contribution < -0.4 is 9.64 Å². The highest BCUT2D eigenvalue weighted by atomic mass is 19.3. The molecule has 1 aliphatic heterocycles. The van der Waals surface area contributed by atoms with Crippen LogP contribution in [0.5, 0.6) is 5.75 Å². The van der Waals surface area contributed by atoms with Crippen LogP contribution in [0.3, 0.4) is 0 Å². The van der Waals surface area contributed by atoms with Crippen molar-refractivity contribution in [3.63, 3.8) is 0 Å². The molecule has 1 heterocycles. The number of nitrogens with zero attached hydrogens (tertiary/aromatic N) is 1. The van der Waals surface area contributed by atoms with Gasteiger partial charge in [0.15, 0.2) is 0 Å². The number of rotatable bonds is 3. The maximum atomic E-state index is 11.9. The van der Waals surface area contributed by atoms with Crippen LogP contribution in [0.1, 0.15) is 0 Å². The first-order chi connectivity index (χ1) is 8.54. The summed E-state index contributed by atoms with van der Waals surface area (Å²) in [6, 6.07) is 5.66. The number of hydrogen-bond acceptors (Lipinski definition) is 5. The molecule has 18 heavy (non-hydrogen) atoms. The standard InChI is InChI=1S/C11H9F2NO4/c12-11(13)17-8-3-1-7(2-4-8)14-5-9(15)18-10(16)6-14/h1-4,11H,5-6H2. The zero-order valence-corrected chi connectivity index (χ0v) is 9.14. The van der Waals surface area contributed by atoms with Gasteiger partial charge in [-0.15, -0.1) is 0 Å². The molecule has 0 aliphatic carbocycles. The normalized spacial score (nSPS) is 15.8. The molecular formula is C11H9F2NO4. The van der Waals surface area contributed by atoms with Crippen molar-refractivity contribution in [2.75, 3.05) is 18.0 Å². The molecule has 2 rings (SSSR count). The molecule has 7 heteroatoms. The van der Waals surface area contributed by atoms with E-state index in [1.165, 1.54) is 29.2 Å². The third-order valence-electron chi connectivity index (χ3n) is 2.29. The predicted molar refractivity (Wildman–Crippen MR) is 56.4 cm³/mol. The summed E-state index contributed by atoms with van der Waals surface area (Å²) in [7, 11) is 0. The lowest BCUT2D eigenvalue weighted by atomic mass is 10.2. The molecule has 0 atom stereocenters. The SMILES string of the molecule is O=C1CN(c2ccc(OC(F)F)cc2)CC(=O)O1. The first kappa shape index (κ1) is 12.3. The van der Waals surface area contributed by atoms with E-state index in [2.05, 4.69) is 9.47 Å². The van der Waals surface area contributed by atoms with Crippen LogP contribution in [-0.4, -0.2) is 31.6 Å². The Morgan fingerprint density at radius 2 is 1.67 bits per heavy atom. The molecule has 96 valence electrons. The first-order valence-electron chi connectivity index (χ1n) is 5.08. The highest BCUT2D eigenvalue weighted by Gasteiger charge is 2.24. The van der Waals surface area contributed by atoms with E-state index in [1.807, 2.05) is 0 Å². The number of alkyl halides is 2. The van der Waals surface area contributed by atoms with E-state index in [0.717, 1.165) is 0 Å². The van der Waals surface area contributed by atoms with E-state index in [9.17, 15) is 18.4 Å². The molecule has 5 nitrogen and oxygen atoms in total. The zero-order valence-electron chi connectivity index (χ0n) is 9.14. The predicted octanol–water partition coefficient (Wildman–Crippen LogP) is 1.18. The van der Waals surface area contributed by atoms with Gasteiger partial charge in [-0.1, -0.05) is 0 Å². The van der Waals surface area contributed by atoms with Gasteiger partial charge in [0, 0.05) is 5.69 Å². The Labute approximate surface area is 101 Å². The molecule has 0 radical (unpaired) electrons. The van der Waals surface area contributed by atoms with Gasteiger partial charge in [0.05, 0.1) is 0 Å². The number of cyclic esters (lactones) is 2. The van der Waals surface area contributed by atoms with Crippen molar-refractivity contribution < 1.29 is 27.8 Å². The minimum absolute atomic E-state index is 0.0136. The van der Waals surface area contributed by atoms with Crippen molar-refractivity contribution in [2.24, 2.45) is 0 Å². The Morgan fingerprint density at radius 1 is 1.11 bits per heavy atom. The number of ether oxygens (including phenoxy) is 2. The van der Waals surface area contributed by atoms with Gasteiger partial charge < -0.3 is 14.4 Å². The topological polar surface area (TPSA) is 55.8 Å². The fourth-order valence-corrected chi connectivity index (χ4v) is 1.58. The number of benzene rings is 1. The van der Waals surface area contributed by atoms with Crippen molar-refractivity contribution in [2.45, 2.75) is 6.61 Å². The lowest BCUT2D eigenvalue weighted by Crippen LogP contribution is -2.42. The van der Waals surface area contributed by atoms with Crippen molar-refractivity contribution in [3.8, 4) is 5.75 Å². The monoisotopic (exact) mass is 257 g/mol. The molecule has 0 amide bonds. The smallest absolute Gasteiger partial charge is 0.387 e. The van der Waals surface area contributed by atoms with E-state index in [4.69, 9.17) is 0 Å². The third-order valence-corrected chi connectivity index (χ3v) is 2.29. The molecule has 0 bridgehead atoms. The Morgan fingerprint density at radius 3 is 2.17 bits per heavy atom. The van der Waals surface area contributed by atoms with Crippen LogP contribution >= 0.6 is 0 Å². The van der Waals surface area contributed by atoms with Crippen LogP contribution in [0.2, 0.25) is 0 Å². The number of hydrogen-bond donors (Lipinski definition) is 0. The Hall–Kier alpha value is -2.18. The molecule has 1 aliphatic rings. The van der Waals surface area contributed by atoms with Crippen molar-refractivity contribution in [1.29, 1.82) is 0 Å². The second kappa shape index (κ2) is 4.99. The number of carbonyl (C=O) groups excluding carboxylic acids is 2. The summed E-state index contributed by atoms with van der Waals surface area (Å²) in [5, 5.41) is 0. The van der Waals surface area contributed by atoms with Crippen LogP contribution in [0, 0.1) is 0 Å². The van der Waals surface area contributed by atoms with Gasteiger partial charge >= 0.3 is 18.6 Å². The summed E-state index contributed by atoms with van der Waals surface area (Å²) in [6.45, 7) is -3.00. The fraction of sp³-hybridized carbons (Fsp3) is 0.273. The molecular weight excluding hydrogens is 248 g/mol. The molecule has 1 aromatic rings. The van der Waals surface area contributed by atoms with Gasteiger partial charge in [0.1, 0.15) is 18.8 Å². The fourth-order valence-electron chi connectivity index (χ4n) is 1.58. The second-order valence-electron chi connectivity index (χ2n) is 3.57. The number of anilines is 1. The number of halogens is 2. The van der Waals surface area contributed by atoms with Gasteiger partial charge in [-0.2, -0.15) is 8.78 Å². The lowest BCUT2D eigenvalue weighted by Gasteiger charge is -2.26. The molecule has 1 fully saturated rings. The Bertz CT molecular complexity index is 445. The first-order valence-corrected chi connectivity index (χ1v) is 5.08. The van der Waals surface area contributed by atoms with Gasteiger partial charge in [0.25, 0.3) is 0 Å². The van der Waals surface area contributed by atoms with E-state index in [0.29, 0.717) is 5.69 Å². The summed E-state index contributed by atoms with van der Waals surface area (Å²) in [4.78, 5) is 23.6. The minimum Gasteiger partial charge on any atom is -0.435 e. The van der Waals surface area contributed by atoms with Crippen LogP contribution in [0.15, 0.2) is 24.3 Å². The van der Waals surface area contributed by atoms with Crippen LogP contribution in [0.4, 0.5) is 14.5 Å². The van der Waals surface area contributed by atoms with Crippen molar-refractivity contribution >= 4 is 17.6 Å². The summed E-state index contributed by atoms with van der Waals surface area (Å²) < 4.78 is 32.4. The summed E-state index contributed by atoms with van der Waals surface area (Å²) in [5.74, 6) is -1.27. The van der Waals surface area contributed by atoms with Crippen LogP contribution in [-0.2, 0) is 14.3 Å². The number of carbonyl (C=O) groups is 2. The average molecular weight is 257 g/mol. The number of esters is 2. The zero-order chi connectivity index (χ0) is 13.1. The summed E-state index contributed by atoms with van der Waals surface area (Å²) in [6.07, 6.45) is 0. The quantitative estimate of drug-likeness (QED) is 0.601. The highest BCUT2D eigenvalue weighted by Crippen LogP contribution is 2.21. The van der Waals surface area contributed by atoms with Gasteiger partial charge in [-0.25, -0.2) is 9.59 Å². The third kappa shape index (κ3) is 2.93. The van der Waals surface area contributed by atoms with E-state index in [1.54, 1.807) is 0 Å². The molecule has 1 saturated heterocycles. The lowest BCUT2D eigenvalue weighted by molar-refractivity contribution is -0.160. The maximum absolute atomic E-state index is 11.9. The van der Waals surface area contributed by atoms with Gasteiger partial charge in [-0.05, 0) is 24.3 Å². The average Bonchev–Trinajstić information content (AvgIpc) is 2.27. The van der Waals surface area contributed by atoms with Gasteiger partial charge in [0.2, 0.25) is 0 Å². The molecule has 0 N–H and O–H groups in total. The van der Waals surface area contributed by atoms with Crippen LogP contribution in [0.25, 0.3) is 0 Å².